The molecule has 21 heavy (non-hydrogen) atoms. The van der Waals surface area contributed by atoms with Crippen LogP contribution in [0, 0.1) is 0 Å². The Morgan fingerprint density at radius 2 is 1.86 bits per heavy atom. The summed E-state index contributed by atoms with van der Waals surface area (Å²) in [5.74, 6) is -0.204. The number of hydrogen-bond acceptors (Lipinski definition) is 4. The Morgan fingerprint density at radius 3 is 2.62 bits per heavy atom. The number of nitrogens with one attached hydrogen (secondary N) is 1. The fourth-order valence-corrected chi connectivity index (χ4v) is 2.70. The van der Waals surface area contributed by atoms with Crippen molar-refractivity contribution in [1.82, 2.24) is 10.2 Å². The van der Waals surface area contributed by atoms with Crippen LogP contribution in [0.15, 0.2) is 54.6 Å². The number of nitrogens with zero attached hydrogens (tertiary/aromatic N) is 2. The third kappa shape index (κ3) is 3.26. The van der Waals surface area contributed by atoms with Crippen molar-refractivity contribution in [2.45, 2.75) is 0 Å². The average molecular weight is 316 g/mol. The van der Waals surface area contributed by atoms with Gasteiger partial charge in [0.05, 0.1) is 0 Å². The van der Waals surface area contributed by atoms with Gasteiger partial charge in [-0.1, -0.05) is 53.3 Å². The molecule has 0 bridgehead atoms. The molecule has 0 radical (unpaired) electrons. The van der Waals surface area contributed by atoms with E-state index in [1.165, 1.54) is 11.3 Å². The van der Waals surface area contributed by atoms with Crippen molar-refractivity contribution in [3.63, 3.8) is 0 Å². The van der Waals surface area contributed by atoms with Crippen LogP contribution in [-0.2, 0) is 0 Å². The third-order valence-corrected chi connectivity index (χ3v) is 3.88. The maximum Gasteiger partial charge on any atom is 0.257 e. The van der Waals surface area contributed by atoms with Crippen molar-refractivity contribution in [3.05, 3.63) is 65.2 Å². The summed E-state index contributed by atoms with van der Waals surface area (Å²) in [6.45, 7) is 0. The molecule has 0 unspecified atom stereocenters. The van der Waals surface area contributed by atoms with Crippen LogP contribution in [0.4, 0.5) is 5.13 Å². The molecule has 1 amide bonds. The smallest absolute Gasteiger partial charge is 0.257 e. The lowest BCUT2D eigenvalue weighted by molar-refractivity contribution is 0.102. The predicted octanol–water partition coefficient (Wildman–Crippen LogP) is 4.11. The number of halogens is 1. The first-order valence-electron chi connectivity index (χ1n) is 6.18. The quantitative estimate of drug-likeness (QED) is 0.791. The van der Waals surface area contributed by atoms with E-state index in [9.17, 15) is 4.79 Å². The minimum absolute atomic E-state index is 0.204. The average Bonchev–Trinajstić information content (AvgIpc) is 2.97. The fraction of sp³-hybridized carbons (Fsp3) is 0. The molecule has 1 heterocycles. The molecule has 3 rings (SSSR count). The molecule has 1 aromatic heterocycles. The van der Waals surface area contributed by atoms with Crippen molar-refractivity contribution in [2.75, 3.05) is 5.32 Å². The van der Waals surface area contributed by atoms with Crippen LogP contribution >= 0.6 is 22.9 Å². The summed E-state index contributed by atoms with van der Waals surface area (Å²) in [4.78, 5) is 12.0. The van der Waals surface area contributed by atoms with E-state index in [-0.39, 0.29) is 5.91 Å². The van der Waals surface area contributed by atoms with Crippen molar-refractivity contribution < 1.29 is 4.79 Å². The lowest BCUT2D eigenvalue weighted by atomic mass is 10.2. The summed E-state index contributed by atoms with van der Waals surface area (Å²) in [7, 11) is 0. The van der Waals surface area contributed by atoms with Crippen molar-refractivity contribution >= 4 is 34.0 Å². The van der Waals surface area contributed by atoms with Gasteiger partial charge < -0.3 is 0 Å². The molecule has 0 saturated heterocycles. The van der Waals surface area contributed by atoms with Gasteiger partial charge in [0.25, 0.3) is 5.91 Å². The summed E-state index contributed by atoms with van der Waals surface area (Å²) in [5.41, 5.74) is 1.46. The molecular weight excluding hydrogens is 306 g/mol. The first-order chi connectivity index (χ1) is 10.2. The van der Waals surface area contributed by atoms with Gasteiger partial charge in [0.1, 0.15) is 5.01 Å². The molecule has 6 heteroatoms. The molecule has 0 spiro atoms. The second kappa shape index (κ2) is 6.03. The molecule has 1 N–H and O–H groups in total. The summed E-state index contributed by atoms with van der Waals surface area (Å²) >= 11 is 7.26. The van der Waals surface area contributed by atoms with E-state index in [4.69, 9.17) is 11.6 Å². The zero-order chi connectivity index (χ0) is 14.7. The largest absolute Gasteiger partial charge is 0.296 e. The zero-order valence-corrected chi connectivity index (χ0v) is 12.4. The van der Waals surface area contributed by atoms with Gasteiger partial charge in [-0.3, -0.25) is 10.1 Å². The standard InChI is InChI=1S/C15H10ClN3OS/c16-12-8-4-7-11(9-12)14-18-19-15(21-14)17-13(20)10-5-2-1-3-6-10/h1-9H,(H,17,19,20). The van der Waals surface area contributed by atoms with Gasteiger partial charge in [0, 0.05) is 16.1 Å². The number of rotatable bonds is 3. The highest BCUT2D eigenvalue weighted by atomic mass is 35.5. The summed E-state index contributed by atoms with van der Waals surface area (Å²) in [5, 5.41) is 12.6. The van der Waals surface area contributed by atoms with Crippen molar-refractivity contribution in [2.24, 2.45) is 0 Å². The van der Waals surface area contributed by atoms with Crippen molar-refractivity contribution in [1.29, 1.82) is 0 Å². The molecule has 0 atom stereocenters. The lowest BCUT2D eigenvalue weighted by Crippen LogP contribution is -2.11. The minimum Gasteiger partial charge on any atom is -0.296 e. The second-order valence-corrected chi connectivity index (χ2v) is 5.66. The van der Waals surface area contributed by atoms with Crippen molar-refractivity contribution in [3.8, 4) is 10.6 Å². The molecule has 4 nitrogen and oxygen atoms in total. The summed E-state index contributed by atoms with van der Waals surface area (Å²) < 4.78 is 0. The topological polar surface area (TPSA) is 54.9 Å². The second-order valence-electron chi connectivity index (χ2n) is 4.24. The van der Waals surface area contributed by atoms with E-state index in [0.717, 1.165) is 5.56 Å². The molecule has 0 saturated carbocycles. The Labute approximate surface area is 130 Å². The number of hydrogen-bond donors (Lipinski definition) is 1. The molecule has 0 aliphatic carbocycles. The van der Waals surface area contributed by atoms with Gasteiger partial charge in [0.15, 0.2) is 0 Å². The molecule has 0 aliphatic heterocycles. The van der Waals surface area contributed by atoms with E-state index in [2.05, 4.69) is 15.5 Å². The number of amides is 1. The minimum atomic E-state index is -0.204. The van der Waals surface area contributed by atoms with E-state index < -0.39 is 0 Å². The number of anilines is 1. The van der Waals surface area contributed by atoms with Crippen LogP contribution < -0.4 is 5.32 Å². The number of aromatic nitrogens is 2. The van der Waals surface area contributed by atoms with Crippen LogP contribution in [0.1, 0.15) is 10.4 Å². The SMILES string of the molecule is O=C(Nc1nnc(-c2cccc(Cl)c2)s1)c1ccccc1. The molecule has 0 aliphatic rings. The lowest BCUT2D eigenvalue weighted by Gasteiger charge is -1.99. The maximum atomic E-state index is 12.0. The van der Waals surface area contributed by atoms with Gasteiger partial charge in [-0.25, -0.2) is 0 Å². The first-order valence-corrected chi connectivity index (χ1v) is 7.38. The molecule has 2 aromatic carbocycles. The highest BCUT2D eigenvalue weighted by Gasteiger charge is 2.11. The van der Waals surface area contributed by atoms with Gasteiger partial charge in [-0.15, -0.1) is 10.2 Å². The van der Waals surface area contributed by atoms with E-state index >= 15 is 0 Å². The Bertz CT molecular complexity index is 773. The molecule has 3 aromatic rings. The Balaban J connectivity index is 1.78. The summed E-state index contributed by atoms with van der Waals surface area (Å²) in [6, 6.07) is 16.3. The zero-order valence-electron chi connectivity index (χ0n) is 10.8. The Morgan fingerprint density at radius 1 is 1.05 bits per heavy atom. The first kappa shape index (κ1) is 13.7. The van der Waals surface area contributed by atoms with Crippen LogP contribution in [0.2, 0.25) is 5.02 Å². The van der Waals surface area contributed by atoms with Crippen LogP contribution in [0.25, 0.3) is 10.6 Å². The predicted molar refractivity (Wildman–Crippen MR) is 84.8 cm³/mol. The number of benzene rings is 2. The molecule has 0 fully saturated rings. The van der Waals surface area contributed by atoms with E-state index in [1.807, 2.05) is 36.4 Å². The third-order valence-electron chi connectivity index (χ3n) is 2.75. The van der Waals surface area contributed by atoms with Crippen LogP contribution in [-0.4, -0.2) is 16.1 Å². The number of carbonyl (C=O) groups excluding carboxylic acids is 1. The summed E-state index contributed by atoms with van der Waals surface area (Å²) in [6.07, 6.45) is 0. The van der Waals surface area contributed by atoms with Gasteiger partial charge in [-0.2, -0.15) is 0 Å². The van der Waals surface area contributed by atoms with Gasteiger partial charge in [-0.05, 0) is 24.3 Å². The molecule has 104 valence electrons. The van der Waals surface area contributed by atoms with Crippen LogP contribution in [0.3, 0.4) is 0 Å². The highest BCUT2D eigenvalue weighted by Crippen LogP contribution is 2.28. The molecular formula is C15H10ClN3OS. The van der Waals surface area contributed by atoms with E-state index in [0.29, 0.717) is 20.7 Å². The van der Waals surface area contributed by atoms with Crippen LogP contribution in [0.5, 0.6) is 0 Å². The fourth-order valence-electron chi connectivity index (χ4n) is 1.77. The van der Waals surface area contributed by atoms with Gasteiger partial charge >= 0.3 is 0 Å². The van der Waals surface area contributed by atoms with Gasteiger partial charge in [0.2, 0.25) is 5.13 Å². The Kier molecular flexibility index (Phi) is 3.94. The highest BCUT2D eigenvalue weighted by molar-refractivity contribution is 7.18. The number of carbonyl (C=O) groups is 1. The van der Waals surface area contributed by atoms with E-state index in [1.54, 1.807) is 18.2 Å². The monoisotopic (exact) mass is 315 g/mol. The normalized spacial score (nSPS) is 10.3. The Hall–Kier alpha value is -2.24. The maximum absolute atomic E-state index is 12.0.